The van der Waals surface area contributed by atoms with E-state index in [-0.39, 0.29) is 47.1 Å². The van der Waals surface area contributed by atoms with E-state index in [1.54, 1.807) is 30.3 Å². The Bertz CT molecular complexity index is 1370. The molecule has 0 aliphatic carbocycles. The van der Waals surface area contributed by atoms with Gasteiger partial charge in [0.2, 0.25) is 0 Å². The number of hydrogen-bond donors (Lipinski definition) is 4. The van der Waals surface area contributed by atoms with Gasteiger partial charge in [-0.25, -0.2) is 9.37 Å². The molecule has 4 N–H and O–H groups in total. The number of carbonyl (C=O) groups is 1. The molecule has 3 aromatic rings. The largest absolute Gasteiger partial charge is 0.495 e. The quantitative estimate of drug-likeness (QED) is 0.202. The number of alkyl halides is 4. The maximum atomic E-state index is 14.4. The minimum atomic E-state index is -4.57. The summed E-state index contributed by atoms with van der Waals surface area (Å²) in [5, 5.41) is 11.4. The van der Waals surface area contributed by atoms with Crippen LogP contribution in [-0.4, -0.2) is 66.8 Å². The zero-order chi connectivity index (χ0) is 27.3. The highest BCUT2D eigenvalue weighted by atomic mass is 32.2. The third-order valence-electron chi connectivity index (χ3n) is 5.83. The first-order valence-corrected chi connectivity index (χ1v) is 12.5. The molecule has 13 heteroatoms. The first-order valence-electron chi connectivity index (χ1n) is 11.7. The van der Waals surface area contributed by atoms with Gasteiger partial charge in [-0.1, -0.05) is 5.92 Å². The van der Waals surface area contributed by atoms with Crippen molar-refractivity contribution in [2.24, 2.45) is 0 Å². The number of anilines is 2. The van der Waals surface area contributed by atoms with Crippen LogP contribution in [0.2, 0.25) is 0 Å². The van der Waals surface area contributed by atoms with Gasteiger partial charge in [0.25, 0.3) is 5.91 Å². The number of hydrogen-bond acceptors (Lipinski definition) is 7. The molecule has 0 radical (unpaired) electrons. The number of pyridine rings is 1. The predicted molar refractivity (Wildman–Crippen MR) is 139 cm³/mol. The number of methoxy groups -OCH3 is 1. The second kappa shape index (κ2) is 11.8. The second-order valence-corrected chi connectivity index (χ2v) is 9.39. The first-order chi connectivity index (χ1) is 18.2. The number of ether oxygens (including phenoxy) is 1. The highest BCUT2D eigenvalue weighted by molar-refractivity contribution is 8.00. The van der Waals surface area contributed by atoms with Gasteiger partial charge in [0.15, 0.2) is 5.65 Å². The van der Waals surface area contributed by atoms with Crippen LogP contribution in [0.1, 0.15) is 22.5 Å². The lowest BCUT2D eigenvalue weighted by molar-refractivity contribution is -0.0330. The zero-order valence-electron chi connectivity index (χ0n) is 20.6. The molecule has 0 unspecified atom stereocenters. The van der Waals surface area contributed by atoms with Gasteiger partial charge in [-0.15, -0.1) is 0 Å². The number of halogens is 4. The second-order valence-electron chi connectivity index (χ2n) is 8.34. The van der Waals surface area contributed by atoms with Crippen molar-refractivity contribution in [3.63, 3.8) is 0 Å². The van der Waals surface area contributed by atoms with E-state index >= 15 is 0 Å². The van der Waals surface area contributed by atoms with Crippen molar-refractivity contribution in [2.45, 2.75) is 29.2 Å². The number of benzene rings is 1. The molecule has 4 rings (SSSR count). The smallest absolute Gasteiger partial charge is 0.447 e. The molecule has 1 saturated heterocycles. The van der Waals surface area contributed by atoms with Crippen LogP contribution < -0.4 is 26.0 Å². The Morgan fingerprint density at radius 2 is 2.13 bits per heavy atom. The summed E-state index contributed by atoms with van der Waals surface area (Å²) >= 11 is -0.312. The van der Waals surface area contributed by atoms with E-state index in [2.05, 4.69) is 38.1 Å². The van der Waals surface area contributed by atoms with Crippen molar-refractivity contribution in [1.29, 1.82) is 0 Å². The zero-order valence-corrected chi connectivity index (χ0v) is 21.4. The molecule has 0 bridgehead atoms. The van der Waals surface area contributed by atoms with Crippen LogP contribution >= 0.6 is 11.8 Å². The number of fused-ring (bicyclic) bond motifs is 1. The van der Waals surface area contributed by atoms with E-state index < -0.39 is 17.7 Å². The molecule has 1 aliphatic heterocycles. The van der Waals surface area contributed by atoms with Crippen LogP contribution in [0.15, 0.2) is 41.6 Å². The van der Waals surface area contributed by atoms with Gasteiger partial charge in [0, 0.05) is 37.1 Å². The summed E-state index contributed by atoms with van der Waals surface area (Å²) in [7, 11) is 2.99. The molecule has 0 spiro atoms. The van der Waals surface area contributed by atoms with E-state index in [1.165, 1.54) is 24.8 Å². The monoisotopic (exact) mass is 550 g/mol. The normalized spacial score (nSPS) is 17.4. The van der Waals surface area contributed by atoms with E-state index in [9.17, 15) is 22.4 Å². The molecule has 1 aliphatic rings. The Labute approximate surface area is 220 Å². The maximum Gasteiger partial charge on any atom is 0.447 e. The van der Waals surface area contributed by atoms with Crippen LogP contribution in [0.4, 0.5) is 28.9 Å². The molecule has 1 amide bonds. The third-order valence-corrected chi connectivity index (χ3v) is 6.65. The summed E-state index contributed by atoms with van der Waals surface area (Å²) in [5.74, 6) is 5.71. The molecule has 202 valence electrons. The summed E-state index contributed by atoms with van der Waals surface area (Å²) < 4.78 is 61.2. The van der Waals surface area contributed by atoms with Gasteiger partial charge in [-0.05, 0) is 49.2 Å². The first kappa shape index (κ1) is 27.4. The molecule has 38 heavy (non-hydrogen) atoms. The van der Waals surface area contributed by atoms with Crippen molar-refractivity contribution in [3.05, 3.63) is 47.8 Å². The lowest BCUT2D eigenvalue weighted by Gasteiger charge is -2.28. The van der Waals surface area contributed by atoms with Gasteiger partial charge >= 0.3 is 5.51 Å². The van der Waals surface area contributed by atoms with Crippen molar-refractivity contribution < 1.29 is 27.1 Å². The van der Waals surface area contributed by atoms with Crippen LogP contribution in [0.25, 0.3) is 5.65 Å². The number of imidazole rings is 1. The van der Waals surface area contributed by atoms with Crippen molar-refractivity contribution in [1.82, 2.24) is 20.0 Å². The number of carbonyl (C=O) groups excluding carboxylic acids is 1. The maximum absolute atomic E-state index is 14.4. The summed E-state index contributed by atoms with van der Waals surface area (Å²) in [5.41, 5.74) is -3.08. The summed E-state index contributed by atoms with van der Waals surface area (Å²) in [6, 6.07) is 7.56. The van der Waals surface area contributed by atoms with Crippen molar-refractivity contribution in [2.75, 3.05) is 44.4 Å². The fourth-order valence-corrected chi connectivity index (χ4v) is 4.69. The number of nitrogens with one attached hydrogen (secondary N) is 4. The van der Waals surface area contributed by atoms with E-state index in [0.717, 1.165) is 0 Å². The number of aromatic nitrogens is 2. The van der Waals surface area contributed by atoms with Gasteiger partial charge < -0.3 is 26.0 Å². The Morgan fingerprint density at radius 1 is 1.32 bits per heavy atom. The van der Waals surface area contributed by atoms with E-state index in [0.29, 0.717) is 35.7 Å². The van der Waals surface area contributed by atoms with Crippen LogP contribution in [-0.2, 0) is 0 Å². The average molecular weight is 551 g/mol. The Kier molecular flexibility index (Phi) is 8.53. The van der Waals surface area contributed by atoms with Crippen LogP contribution in [0.3, 0.4) is 0 Å². The van der Waals surface area contributed by atoms with Crippen LogP contribution in [0.5, 0.6) is 5.75 Å². The number of piperidine rings is 1. The minimum absolute atomic E-state index is 0.0429. The van der Waals surface area contributed by atoms with Gasteiger partial charge in [0.05, 0.1) is 31.1 Å². The van der Waals surface area contributed by atoms with E-state index in [1.807, 2.05) is 0 Å². The molecular formula is C25H26F4N6O2S. The van der Waals surface area contributed by atoms with Crippen LogP contribution in [0, 0.1) is 11.8 Å². The SMILES string of the molecule is CNC(=O)c1ccc(OC)c(NCC#Cc2nc3c(N[C@@H]4CCNC[C@@H]4F)cccn3c2SC(F)(F)F)c1. The Balaban J connectivity index is 1.62. The predicted octanol–water partition coefficient (Wildman–Crippen LogP) is 3.89. The highest BCUT2D eigenvalue weighted by Gasteiger charge is 2.33. The number of nitrogens with zero attached hydrogens (tertiary/aromatic N) is 2. The summed E-state index contributed by atoms with van der Waals surface area (Å²) in [6.45, 7) is 0.873. The molecular weight excluding hydrogens is 524 g/mol. The molecule has 0 saturated carbocycles. The summed E-state index contributed by atoms with van der Waals surface area (Å²) in [6.07, 6.45) is 0.845. The molecule has 8 nitrogen and oxygen atoms in total. The van der Waals surface area contributed by atoms with Gasteiger partial charge in [-0.3, -0.25) is 9.20 Å². The molecule has 1 fully saturated rings. The minimum Gasteiger partial charge on any atom is -0.495 e. The van der Waals surface area contributed by atoms with Gasteiger partial charge in [0.1, 0.15) is 22.6 Å². The Hall–Kier alpha value is -3.63. The number of amides is 1. The third kappa shape index (κ3) is 6.43. The van der Waals surface area contributed by atoms with Crippen molar-refractivity contribution >= 4 is 34.7 Å². The molecule has 2 atom stereocenters. The lowest BCUT2D eigenvalue weighted by atomic mass is 10.0. The number of thioether (sulfide) groups is 1. The lowest BCUT2D eigenvalue weighted by Crippen LogP contribution is -2.45. The standard InChI is InChI=1S/C25H26F4N6O2S/c1-30-23(36)15-7-8-21(37-2)20(13-15)32-10-3-5-19-24(38-25(27,28)29)35-12-4-6-18(22(35)34-19)33-17-9-11-31-14-16(17)26/h4,6-8,12-13,16-17,31-33H,9-11,14H2,1-2H3,(H,30,36)/t16-,17+/m0/s1. The topological polar surface area (TPSA) is 91.7 Å². The molecule has 2 aromatic heterocycles. The fraction of sp³-hybridized carbons (Fsp3) is 0.360. The molecule has 1 aromatic carbocycles. The Morgan fingerprint density at radius 3 is 2.84 bits per heavy atom. The van der Waals surface area contributed by atoms with Crippen molar-refractivity contribution in [3.8, 4) is 17.6 Å². The fourth-order valence-electron chi connectivity index (χ4n) is 4.03. The van der Waals surface area contributed by atoms with Gasteiger partial charge in [-0.2, -0.15) is 13.2 Å². The van der Waals surface area contributed by atoms with E-state index in [4.69, 9.17) is 4.74 Å². The summed E-state index contributed by atoms with van der Waals surface area (Å²) in [4.78, 5) is 16.3. The average Bonchev–Trinajstić information content (AvgIpc) is 3.24. The molecule has 3 heterocycles. The highest BCUT2D eigenvalue weighted by Crippen LogP contribution is 2.39. The number of rotatable bonds is 7.